The largest absolute Gasteiger partial charge is 0.264 e. The first-order valence-electron chi connectivity index (χ1n) is 10.8. The normalized spacial score (nSPS) is 12.5. The van der Waals surface area contributed by atoms with Crippen LogP contribution in [0.3, 0.4) is 0 Å². The average molecular weight is 518 g/mol. The maximum Gasteiger partial charge on any atom is 0.264 e. The Bertz CT molecular complexity index is 1400. The molecule has 1 heterocycles. The molecule has 1 atom stereocenters. The van der Waals surface area contributed by atoms with E-state index >= 15 is 0 Å². The number of hydrogen-bond acceptors (Lipinski definition) is 5. The van der Waals surface area contributed by atoms with Crippen LogP contribution in [-0.2, 0) is 23.0 Å². The molecule has 0 amide bonds. The first kappa shape index (κ1) is 24.7. The first-order chi connectivity index (χ1) is 16.8. The van der Waals surface area contributed by atoms with Crippen molar-refractivity contribution < 1.29 is 17.2 Å². The third kappa shape index (κ3) is 5.49. The van der Waals surface area contributed by atoms with Gasteiger partial charge in [0.05, 0.1) is 16.6 Å². The standard InChI is InChI=1S/C24H22ClF2N5O2S/c1-17(22-7-3-2-5-18(22)6-4-14-31-16-28-29-30-31)32(24-15-20(26)10-13-23(24)27)35(33,34)21-11-8-19(25)9-12-21/h2-3,5,7-13,15-17H,4,6,14H2,1H3/t17-/m1/s1. The highest BCUT2D eigenvalue weighted by Crippen LogP contribution is 2.37. The van der Waals surface area contributed by atoms with Crippen molar-refractivity contribution >= 4 is 27.3 Å². The van der Waals surface area contributed by atoms with E-state index in [1.807, 2.05) is 12.1 Å². The third-order valence-corrected chi connectivity index (χ3v) is 7.75. The number of halogens is 3. The number of nitrogens with zero attached hydrogens (tertiary/aromatic N) is 5. The molecule has 1 aromatic heterocycles. The molecule has 0 aliphatic carbocycles. The smallest absolute Gasteiger partial charge is 0.256 e. The van der Waals surface area contributed by atoms with Gasteiger partial charge >= 0.3 is 0 Å². The molecule has 0 aliphatic heterocycles. The summed E-state index contributed by atoms with van der Waals surface area (Å²) >= 11 is 5.94. The van der Waals surface area contributed by atoms with Gasteiger partial charge < -0.3 is 0 Å². The van der Waals surface area contributed by atoms with E-state index in [2.05, 4.69) is 15.5 Å². The van der Waals surface area contributed by atoms with Gasteiger partial charge in [-0.05, 0) is 77.7 Å². The van der Waals surface area contributed by atoms with E-state index in [1.54, 1.807) is 23.7 Å². The van der Waals surface area contributed by atoms with Gasteiger partial charge in [-0.25, -0.2) is 21.9 Å². The molecule has 0 bridgehead atoms. The molecule has 0 unspecified atom stereocenters. The van der Waals surface area contributed by atoms with Crippen molar-refractivity contribution in [1.29, 1.82) is 0 Å². The minimum Gasteiger partial charge on any atom is -0.256 e. The number of aryl methyl sites for hydroxylation is 2. The predicted molar refractivity (Wildman–Crippen MR) is 128 cm³/mol. The first-order valence-corrected chi connectivity index (χ1v) is 12.6. The van der Waals surface area contributed by atoms with Crippen molar-refractivity contribution in [3.05, 3.63) is 101 Å². The summed E-state index contributed by atoms with van der Waals surface area (Å²) in [5.41, 5.74) is 1.17. The number of tetrazole rings is 1. The van der Waals surface area contributed by atoms with Crippen molar-refractivity contribution in [1.82, 2.24) is 20.2 Å². The van der Waals surface area contributed by atoms with Crippen molar-refractivity contribution in [2.75, 3.05) is 4.31 Å². The molecule has 4 aromatic rings. The SMILES string of the molecule is C[C@H](c1ccccc1CCCn1cnnn1)N(c1cc(F)ccc1F)S(=O)(=O)c1ccc(Cl)cc1. The second kappa shape index (κ2) is 10.5. The van der Waals surface area contributed by atoms with Gasteiger partial charge in [0, 0.05) is 17.6 Å². The summed E-state index contributed by atoms with van der Waals surface area (Å²) in [6.07, 6.45) is 2.80. The van der Waals surface area contributed by atoms with Crippen LogP contribution in [0, 0.1) is 11.6 Å². The Kier molecular flexibility index (Phi) is 7.42. The lowest BCUT2D eigenvalue weighted by molar-refractivity contribution is 0.554. The quantitative estimate of drug-likeness (QED) is 0.305. The van der Waals surface area contributed by atoms with Crippen LogP contribution >= 0.6 is 11.6 Å². The molecule has 7 nitrogen and oxygen atoms in total. The molecular weight excluding hydrogens is 496 g/mol. The highest BCUT2D eigenvalue weighted by atomic mass is 35.5. The van der Waals surface area contributed by atoms with Gasteiger partial charge in [-0.1, -0.05) is 35.9 Å². The van der Waals surface area contributed by atoms with Crippen molar-refractivity contribution in [2.24, 2.45) is 0 Å². The highest BCUT2D eigenvalue weighted by molar-refractivity contribution is 7.92. The second-order valence-electron chi connectivity index (χ2n) is 7.90. The van der Waals surface area contributed by atoms with Crippen molar-refractivity contribution in [3.8, 4) is 0 Å². The summed E-state index contributed by atoms with van der Waals surface area (Å²) in [4.78, 5) is -0.0893. The number of hydrogen-bond donors (Lipinski definition) is 0. The Morgan fingerprint density at radius 2 is 1.80 bits per heavy atom. The van der Waals surface area contributed by atoms with E-state index in [0.29, 0.717) is 30.0 Å². The van der Waals surface area contributed by atoms with Crippen molar-refractivity contribution in [3.63, 3.8) is 0 Å². The van der Waals surface area contributed by atoms with E-state index in [9.17, 15) is 17.2 Å². The number of rotatable bonds is 9. The maximum absolute atomic E-state index is 15.0. The predicted octanol–water partition coefficient (Wildman–Crippen LogP) is 5.19. The fourth-order valence-electron chi connectivity index (χ4n) is 3.93. The molecule has 0 fully saturated rings. The number of aromatic nitrogens is 4. The molecule has 0 saturated heterocycles. The summed E-state index contributed by atoms with van der Waals surface area (Å²) in [6, 6.07) is 14.8. The van der Waals surface area contributed by atoms with Gasteiger partial charge in [0.25, 0.3) is 10.0 Å². The molecule has 0 N–H and O–H groups in total. The zero-order valence-corrected chi connectivity index (χ0v) is 20.3. The van der Waals surface area contributed by atoms with Crippen LogP contribution in [0.4, 0.5) is 14.5 Å². The maximum atomic E-state index is 15.0. The lowest BCUT2D eigenvalue weighted by atomic mass is 9.97. The molecule has 4 rings (SSSR count). The molecular formula is C24H22ClF2N5O2S. The van der Waals surface area contributed by atoms with Crippen LogP contribution < -0.4 is 4.31 Å². The van der Waals surface area contributed by atoms with E-state index in [-0.39, 0.29) is 10.6 Å². The van der Waals surface area contributed by atoms with E-state index < -0.39 is 27.7 Å². The molecule has 0 aliphatic rings. The minimum atomic E-state index is -4.29. The Morgan fingerprint density at radius 3 is 2.51 bits per heavy atom. The molecule has 182 valence electrons. The van der Waals surface area contributed by atoms with Gasteiger partial charge in [-0.15, -0.1) is 5.10 Å². The second-order valence-corrected chi connectivity index (χ2v) is 10.2. The van der Waals surface area contributed by atoms with E-state index in [1.165, 1.54) is 30.6 Å². The molecule has 11 heteroatoms. The Labute approximate surface area is 207 Å². The Hall–Kier alpha value is -3.37. The zero-order chi connectivity index (χ0) is 25.0. The molecule has 0 saturated carbocycles. The molecule has 0 spiro atoms. The van der Waals surface area contributed by atoms with Gasteiger partial charge in [0.1, 0.15) is 18.0 Å². The van der Waals surface area contributed by atoms with Crippen LogP contribution in [0.25, 0.3) is 0 Å². The fourth-order valence-corrected chi connectivity index (χ4v) is 5.69. The Balaban J connectivity index is 1.75. The zero-order valence-electron chi connectivity index (χ0n) is 18.7. The fraction of sp³-hybridized carbons (Fsp3) is 0.208. The van der Waals surface area contributed by atoms with Gasteiger partial charge in [0.15, 0.2) is 0 Å². The van der Waals surface area contributed by atoms with Crippen LogP contribution in [0.1, 0.15) is 30.5 Å². The number of benzene rings is 3. The minimum absolute atomic E-state index is 0.0893. The van der Waals surface area contributed by atoms with Crippen LogP contribution in [-0.4, -0.2) is 28.6 Å². The molecule has 3 aromatic carbocycles. The average Bonchev–Trinajstić information content (AvgIpc) is 3.35. The van der Waals surface area contributed by atoms with Gasteiger partial charge in [-0.3, -0.25) is 4.31 Å². The summed E-state index contributed by atoms with van der Waals surface area (Å²) in [5, 5.41) is 11.4. The topological polar surface area (TPSA) is 81.0 Å². The third-order valence-electron chi connectivity index (χ3n) is 5.60. The number of anilines is 1. The van der Waals surface area contributed by atoms with Gasteiger partial charge in [0.2, 0.25) is 0 Å². The summed E-state index contributed by atoms with van der Waals surface area (Å²) in [6.45, 7) is 2.22. The van der Waals surface area contributed by atoms with Crippen LogP contribution in [0.15, 0.2) is 78.0 Å². The number of sulfonamides is 1. The van der Waals surface area contributed by atoms with E-state index in [0.717, 1.165) is 28.1 Å². The monoisotopic (exact) mass is 517 g/mol. The Morgan fingerprint density at radius 1 is 1.06 bits per heavy atom. The van der Waals surface area contributed by atoms with Gasteiger partial charge in [-0.2, -0.15) is 0 Å². The lowest BCUT2D eigenvalue weighted by Gasteiger charge is -2.32. The summed E-state index contributed by atoms with van der Waals surface area (Å²) in [5.74, 6) is -1.61. The van der Waals surface area contributed by atoms with Crippen LogP contribution in [0.2, 0.25) is 5.02 Å². The highest BCUT2D eigenvalue weighted by Gasteiger charge is 2.33. The summed E-state index contributed by atoms with van der Waals surface area (Å²) in [7, 11) is -4.29. The van der Waals surface area contributed by atoms with Crippen LogP contribution in [0.5, 0.6) is 0 Å². The molecule has 0 radical (unpaired) electrons. The van der Waals surface area contributed by atoms with Crippen molar-refractivity contribution in [2.45, 2.75) is 37.2 Å². The van der Waals surface area contributed by atoms with E-state index in [4.69, 9.17) is 11.6 Å². The summed E-state index contributed by atoms with van der Waals surface area (Å²) < 4.78 is 59.2. The lowest BCUT2D eigenvalue weighted by Crippen LogP contribution is -2.35. The molecule has 35 heavy (non-hydrogen) atoms.